The summed E-state index contributed by atoms with van der Waals surface area (Å²) < 4.78 is 1.90. The second kappa shape index (κ2) is 5.93. The molecule has 2 aromatic rings. The van der Waals surface area contributed by atoms with Crippen molar-refractivity contribution in [3.05, 3.63) is 35.0 Å². The molecule has 5 nitrogen and oxygen atoms in total. The van der Waals surface area contributed by atoms with Crippen LogP contribution in [0.2, 0.25) is 0 Å². The highest BCUT2D eigenvalue weighted by atomic mass is 15.3. The number of hydrogen-bond acceptors (Lipinski definition) is 4. The zero-order valence-electron chi connectivity index (χ0n) is 12.1. The topological polar surface area (TPSA) is 55.6 Å². The van der Waals surface area contributed by atoms with E-state index >= 15 is 0 Å². The van der Waals surface area contributed by atoms with E-state index in [0.717, 1.165) is 42.4 Å². The van der Waals surface area contributed by atoms with Crippen LogP contribution in [0.4, 0.5) is 0 Å². The molecule has 0 radical (unpaired) electrons. The molecule has 0 saturated carbocycles. The van der Waals surface area contributed by atoms with Gasteiger partial charge in [-0.3, -0.25) is 0 Å². The maximum absolute atomic E-state index is 4.59. The fourth-order valence-electron chi connectivity index (χ4n) is 2.10. The molecule has 0 saturated heterocycles. The molecule has 2 rings (SSSR count). The molecule has 0 aromatic carbocycles. The standard InChI is InChI=1S/C14H21N5/c1-5-6-15-8-13-11(3)18-19(12(13)4)14-7-10(2)16-9-17-14/h7,9,15H,5-6,8H2,1-4H3. The monoisotopic (exact) mass is 259 g/mol. The van der Waals surface area contributed by atoms with Gasteiger partial charge < -0.3 is 5.32 Å². The van der Waals surface area contributed by atoms with Crippen molar-refractivity contribution < 1.29 is 0 Å². The van der Waals surface area contributed by atoms with Crippen LogP contribution in [0.3, 0.4) is 0 Å². The van der Waals surface area contributed by atoms with E-state index in [2.05, 4.69) is 34.2 Å². The van der Waals surface area contributed by atoms with Crippen LogP contribution in [0.5, 0.6) is 0 Å². The van der Waals surface area contributed by atoms with Gasteiger partial charge in [0.05, 0.1) is 5.69 Å². The van der Waals surface area contributed by atoms with E-state index in [-0.39, 0.29) is 0 Å². The van der Waals surface area contributed by atoms with Crippen LogP contribution in [0.1, 0.15) is 36.0 Å². The van der Waals surface area contributed by atoms with E-state index in [1.54, 1.807) is 6.33 Å². The highest BCUT2D eigenvalue weighted by Crippen LogP contribution is 2.16. The lowest BCUT2D eigenvalue weighted by molar-refractivity contribution is 0.670. The molecule has 2 aromatic heterocycles. The van der Waals surface area contributed by atoms with Gasteiger partial charge >= 0.3 is 0 Å². The Bertz CT molecular complexity index is 559. The van der Waals surface area contributed by atoms with Crippen molar-refractivity contribution in [3.8, 4) is 5.82 Å². The van der Waals surface area contributed by atoms with Crippen molar-refractivity contribution >= 4 is 0 Å². The summed E-state index contributed by atoms with van der Waals surface area (Å²) in [5.74, 6) is 0.829. The molecule has 0 spiro atoms. The summed E-state index contributed by atoms with van der Waals surface area (Å²) in [4.78, 5) is 8.41. The molecule has 0 aliphatic carbocycles. The van der Waals surface area contributed by atoms with Gasteiger partial charge in [-0.15, -0.1) is 0 Å². The zero-order valence-corrected chi connectivity index (χ0v) is 12.1. The Labute approximate surface area is 114 Å². The van der Waals surface area contributed by atoms with Crippen LogP contribution in [-0.4, -0.2) is 26.3 Å². The number of aromatic nitrogens is 4. The van der Waals surface area contributed by atoms with Gasteiger partial charge in [0.15, 0.2) is 5.82 Å². The van der Waals surface area contributed by atoms with Gasteiger partial charge in [0.1, 0.15) is 6.33 Å². The summed E-state index contributed by atoms with van der Waals surface area (Å²) in [6.45, 7) is 10.1. The van der Waals surface area contributed by atoms with E-state index in [0.29, 0.717) is 0 Å². The average molecular weight is 259 g/mol. The first-order valence-corrected chi connectivity index (χ1v) is 6.68. The second-order valence-electron chi connectivity index (χ2n) is 4.76. The molecule has 0 amide bonds. The van der Waals surface area contributed by atoms with Crippen LogP contribution in [0.25, 0.3) is 5.82 Å². The van der Waals surface area contributed by atoms with E-state index < -0.39 is 0 Å². The fraction of sp³-hybridized carbons (Fsp3) is 0.500. The van der Waals surface area contributed by atoms with Gasteiger partial charge in [-0.05, 0) is 33.7 Å². The van der Waals surface area contributed by atoms with Gasteiger partial charge in [-0.25, -0.2) is 14.6 Å². The molecular weight excluding hydrogens is 238 g/mol. The minimum absolute atomic E-state index is 0.829. The van der Waals surface area contributed by atoms with Crippen molar-refractivity contribution in [2.24, 2.45) is 0 Å². The number of rotatable bonds is 5. The summed E-state index contributed by atoms with van der Waals surface area (Å²) in [5.41, 5.74) is 4.39. The molecule has 5 heteroatoms. The first-order chi connectivity index (χ1) is 9.13. The predicted molar refractivity (Wildman–Crippen MR) is 75.4 cm³/mol. The van der Waals surface area contributed by atoms with Crippen molar-refractivity contribution in [2.75, 3.05) is 6.54 Å². The lowest BCUT2D eigenvalue weighted by Gasteiger charge is -2.05. The van der Waals surface area contributed by atoms with Gasteiger partial charge in [0.25, 0.3) is 0 Å². The second-order valence-corrected chi connectivity index (χ2v) is 4.76. The largest absolute Gasteiger partial charge is 0.313 e. The first-order valence-electron chi connectivity index (χ1n) is 6.68. The molecule has 19 heavy (non-hydrogen) atoms. The summed E-state index contributed by atoms with van der Waals surface area (Å²) in [6.07, 6.45) is 2.72. The Morgan fingerprint density at radius 2 is 2.00 bits per heavy atom. The van der Waals surface area contributed by atoms with Crippen LogP contribution in [0.15, 0.2) is 12.4 Å². The van der Waals surface area contributed by atoms with E-state index in [1.165, 1.54) is 5.56 Å². The molecule has 102 valence electrons. The molecule has 0 unspecified atom stereocenters. The summed E-state index contributed by atoms with van der Waals surface area (Å²) in [5, 5.41) is 8.01. The quantitative estimate of drug-likeness (QED) is 0.835. The SMILES string of the molecule is CCCNCc1c(C)nn(-c2cc(C)ncn2)c1C. The Morgan fingerprint density at radius 3 is 2.68 bits per heavy atom. The Hall–Kier alpha value is -1.75. The van der Waals surface area contributed by atoms with Gasteiger partial charge in [-0.2, -0.15) is 5.10 Å². The summed E-state index contributed by atoms with van der Waals surface area (Å²) >= 11 is 0. The van der Waals surface area contributed by atoms with Crippen LogP contribution in [0, 0.1) is 20.8 Å². The average Bonchev–Trinajstić information content (AvgIpc) is 2.67. The van der Waals surface area contributed by atoms with Gasteiger partial charge in [-0.1, -0.05) is 6.92 Å². The van der Waals surface area contributed by atoms with Crippen molar-refractivity contribution in [2.45, 2.75) is 40.7 Å². The molecule has 1 N–H and O–H groups in total. The third-order valence-electron chi connectivity index (χ3n) is 3.18. The lowest BCUT2D eigenvalue weighted by Crippen LogP contribution is -2.15. The maximum atomic E-state index is 4.59. The van der Waals surface area contributed by atoms with Gasteiger partial charge in [0.2, 0.25) is 0 Å². The normalized spacial score (nSPS) is 10.9. The Balaban J connectivity index is 2.30. The molecule has 0 aliphatic heterocycles. The molecular formula is C14H21N5. The van der Waals surface area contributed by atoms with Crippen molar-refractivity contribution in [1.82, 2.24) is 25.1 Å². The number of nitrogens with one attached hydrogen (secondary N) is 1. The zero-order chi connectivity index (χ0) is 13.8. The van der Waals surface area contributed by atoms with Crippen molar-refractivity contribution in [3.63, 3.8) is 0 Å². The molecule has 2 heterocycles. The van der Waals surface area contributed by atoms with Crippen LogP contribution < -0.4 is 5.32 Å². The maximum Gasteiger partial charge on any atom is 0.157 e. The number of hydrogen-bond donors (Lipinski definition) is 1. The first kappa shape index (κ1) is 13.7. The third kappa shape index (κ3) is 2.98. The van der Waals surface area contributed by atoms with Crippen LogP contribution in [-0.2, 0) is 6.54 Å². The summed E-state index contributed by atoms with van der Waals surface area (Å²) in [6, 6.07) is 1.95. The molecule has 0 bridgehead atoms. The molecule has 0 fully saturated rings. The van der Waals surface area contributed by atoms with Crippen molar-refractivity contribution in [1.29, 1.82) is 0 Å². The summed E-state index contributed by atoms with van der Waals surface area (Å²) in [7, 11) is 0. The third-order valence-corrected chi connectivity index (χ3v) is 3.18. The highest BCUT2D eigenvalue weighted by Gasteiger charge is 2.13. The minimum atomic E-state index is 0.829. The van der Waals surface area contributed by atoms with E-state index in [9.17, 15) is 0 Å². The van der Waals surface area contributed by atoms with Crippen LogP contribution >= 0.6 is 0 Å². The molecule has 0 aliphatic rings. The lowest BCUT2D eigenvalue weighted by atomic mass is 10.2. The smallest absolute Gasteiger partial charge is 0.157 e. The van der Waals surface area contributed by atoms with E-state index in [4.69, 9.17) is 0 Å². The Kier molecular flexibility index (Phi) is 4.27. The van der Waals surface area contributed by atoms with Gasteiger partial charge in [0, 0.05) is 29.6 Å². The molecule has 0 atom stereocenters. The minimum Gasteiger partial charge on any atom is -0.313 e. The highest BCUT2D eigenvalue weighted by molar-refractivity contribution is 5.32. The Morgan fingerprint density at radius 1 is 1.21 bits per heavy atom. The fourth-order valence-corrected chi connectivity index (χ4v) is 2.10. The number of aryl methyl sites for hydroxylation is 2. The van der Waals surface area contributed by atoms with E-state index in [1.807, 2.05) is 24.6 Å². The predicted octanol–water partition coefficient (Wildman–Crippen LogP) is 2.09. The number of nitrogens with zero attached hydrogens (tertiary/aromatic N) is 4.